The van der Waals surface area contributed by atoms with Gasteiger partial charge in [0.2, 0.25) is 0 Å². The molecule has 2 atom stereocenters. The summed E-state index contributed by atoms with van der Waals surface area (Å²) in [5, 5.41) is 15.5. The second kappa shape index (κ2) is 7.06. The number of ether oxygens (including phenoxy) is 1. The molecule has 0 heterocycles. The molecular formula is C18H18F2N2O3. The number of nitrogens with one attached hydrogen (secondary N) is 2. The van der Waals surface area contributed by atoms with Gasteiger partial charge in [-0.1, -0.05) is 30.3 Å². The molecule has 1 aliphatic rings. The number of carbonyl (C=O) groups is 1. The van der Waals surface area contributed by atoms with Crippen LogP contribution in [0.5, 0.6) is 5.75 Å². The summed E-state index contributed by atoms with van der Waals surface area (Å²) in [4.78, 5) is 12.3. The molecule has 0 spiro atoms. The molecule has 5 nitrogen and oxygen atoms in total. The standard InChI is InChI=1S/C18H18F2N2O3/c1-10-13(7-4-8-15(10)25-17(19)20)21-18(24)22-16-12-6-3-2-5-11(12)9-14(16)23/h2-8,14,16-17,23H,9H2,1H3,(H2,21,22,24)/t14-,16+/m1/s1. The van der Waals surface area contributed by atoms with E-state index >= 15 is 0 Å². The van der Waals surface area contributed by atoms with Crippen LogP contribution in [0.4, 0.5) is 19.3 Å². The van der Waals surface area contributed by atoms with E-state index < -0.39 is 24.8 Å². The van der Waals surface area contributed by atoms with Gasteiger partial charge in [0, 0.05) is 17.7 Å². The first-order valence-corrected chi connectivity index (χ1v) is 7.83. The minimum atomic E-state index is -2.94. The molecule has 0 aliphatic heterocycles. The Balaban J connectivity index is 1.71. The van der Waals surface area contributed by atoms with Gasteiger partial charge in [-0.2, -0.15) is 8.78 Å². The van der Waals surface area contributed by atoms with Gasteiger partial charge in [-0.15, -0.1) is 0 Å². The molecule has 7 heteroatoms. The van der Waals surface area contributed by atoms with Crippen LogP contribution in [-0.4, -0.2) is 23.9 Å². The molecule has 0 fully saturated rings. The lowest BCUT2D eigenvalue weighted by molar-refractivity contribution is -0.0502. The average Bonchev–Trinajstić information content (AvgIpc) is 2.87. The van der Waals surface area contributed by atoms with Crippen molar-refractivity contribution < 1.29 is 23.4 Å². The van der Waals surface area contributed by atoms with E-state index in [1.807, 2.05) is 24.3 Å². The highest BCUT2D eigenvalue weighted by atomic mass is 19.3. The average molecular weight is 348 g/mol. The fourth-order valence-electron chi connectivity index (χ4n) is 3.02. The van der Waals surface area contributed by atoms with Crippen molar-refractivity contribution in [2.75, 3.05) is 5.32 Å². The second-order valence-corrected chi connectivity index (χ2v) is 5.85. The van der Waals surface area contributed by atoms with Crippen LogP contribution in [0.2, 0.25) is 0 Å². The summed E-state index contributed by atoms with van der Waals surface area (Å²) in [6.45, 7) is -1.36. The number of hydrogen-bond donors (Lipinski definition) is 3. The highest BCUT2D eigenvalue weighted by Gasteiger charge is 2.31. The molecule has 0 unspecified atom stereocenters. The molecule has 3 N–H and O–H groups in total. The first-order chi connectivity index (χ1) is 12.0. The minimum Gasteiger partial charge on any atom is -0.434 e. The van der Waals surface area contributed by atoms with Crippen molar-refractivity contribution in [1.29, 1.82) is 0 Å². The molecular weight excluding hydrogens is 330 g/mol. The van der Waals surface area contributed by atoms with Crippen molar-refractivity contribution in [1.82, 2.24) is 5.32 Å². The number of urea groups is 1. The lowest BCUT2D eigenvalue weighted by Gasteiger charge is -2.19. The van der Waals surface area contributed by atoms with Gasteiger partial charge in [-0.05, 0) is 30.2 Å². The van der Waals surface area contributed by atoms with Crippen molar-refractivity contribution in [2.45, 2.75) is 32.1 Å². The van der Waals surface area contributed by atoms with E-state index in [4.69, 9.17) is 0 Å². The van der Waals surface area contributed by atoms with Crippen LogP contribution in [0.3, 0.4) is 0 Å². The maximum atomic E-state index is 12.4. The zero-order valence-corrected chi connectivity index (χ0v) is 13.5. The topological polar surface area (TPSA) is 70.6 Å². The second-order valence-electron chi connectivity index (χ2n) is 5.85. The number of carbonyl (C=O) groups excluding carboxylic acids is 1. The number of benzene rings is 2. The number of alkyl halides is 2. The molecule has 2 aromatic carbocycles. The zero-order valence-electron chi connectivity index (χ0n) is 13.5. The minimum absolute atomic E-state index is 0.000883. The lowest BCUT2D eigenvalue weighted by Crippen LogP contribution is -2.36. The smallest absolute Gasteiger partial charge is 0.387 e. The van der Waals surface area contributed by atoms with E-state index in [1.54, 1.807) is 13.0 Å². The van der Waals surface area contributed by atoms with Crippen molar-refractivity contribution in [3.8, 4) is 5.75 Å². The third-order valence-electron chi connectivity index (χ3n) is 4.24. The van der Waals surface area contributed by atoms with Gasteiger partial charge in [0.25, 0.3) is 0 Å². The van der Waals surface area contributed by atoms with Gasteiger partial charge in [0.15, 0.2) is 0 Å². The molecule has 0 saturated carbocycles. The SMILES string of the molecule is Cc1c(NC(=O)N[C@H]2c3ccccc3C[C@H]2O)cccc1OC(F)F. The highest BCUT2D eigenvalue weighted by Crippen LogP contribution is 2.31. The Morgan fingerprint density at radius 3 is 2.76 bits per heavy atom. The molecule has 3 rings (SSSR count). The van der Waals surface area contributed by atoms with E-state index in [0.29, 0.717) is 17.7 Å². The maximum absolute atomic E-state index is 12.4. The largest absolute Gasteiger partial charge is 0.434 e. The van der Waals surface area contributed by atoms with E-state index in [-0.39, 0.29) is 5.75 Å². The van der Waals surface area contributed by atoms with Gasteiger partial charge in [0.1, 0.15) is 5.75 Å². The number of rotatable bonds is 4. The van der Waals surface area contributed by atoms with Gasteiger partial charge in [0.05, 0.1) is 12.1 Å². The van der Waals surface area contributed by atoms with Crippen LogP contribution in [-0.2, 0) is 6.42 Å². The van der Waals surface area contributed by atoms with Crippen molar-refractivity contribution in [2.24, 2.45) is 0 Å². The van der Waals surface area contributed by atoms with E-state index in [9.17, 15) is 18.7 Å². The van der Waals surface area contributed by atoms with Crippen LogP contribution in [0.1, 0.15) is 22.7 Å². The monoisotopic (exact) mass is 348 g/mol. The first kappa shape index (κ1) is 17.2. The molecule has 0 saturated heterocycles. The van der Waals surface area contributed by atoms with Crippen molar-refractivity contribution in [3.63, 3.8) is 0 Å². The quantitative estimate of drug-likeness (QED) is 0.793. The van der Waals surface area contributed by atoms with Crippen molar-refractivity contribution in [3.05, 3.63) is 59.2 Å². The molecule has 25 heavy (non-hydrogen) atoms. The molecule has 132 valence electrons. The Morgan fingerprint density at radius 2 is 2.00 bits per heavy atom. The number of halogens is 2. The Bertz CT molecular complexity index is 783. The number of fused-ring (bicyclic) bond motifs is 1. The summed E-state index contributed by atoms with van der Waals surface area (Å²) < 4.78 is 29.2. The fraction of sp³-hybridized carbons (Fsp3) is 0.278. The zero-order chi connectivity index (χ0) is 18.0. The Morgan fingerprint density at radius 1 is 1.24 bits per heavy atom. The van der Waals surface area contributed by atoms with Crippen LogP contribution >= 0.6 is 0 Å². The summed E-state index contributed by atoms with van der Waals surface area (Å²) in [5.74, 6) is -0.000883. The van der Waals surface area contributed by atoms with Gasteiger partial charge < -0.3 is 20.5 Å². The van der Waals surface area contributed by atoms with Gasteiger partial charge in [-0.25, -0.2) is 4.79 Å². The normalized spacial score (nSPS) is 18.8. The predicted molar refractivity (Wildman–Crippen MR) is 88.9 cm³/mol. The van der Waals surface area contributed by atoms with Crippen LogP contribution in [0.15, 0.2) is 42.5 Å². The van der Waals surface area contributed by atoms with Crippen LogP contribution < -0.4 is 15.4 Å². The molecule has 0 aromatic heterocycles. The molecule has 1 aliphatic carbocycles. The highest BCUT2D eigenvalue weighted by molar-refractivity contribution is 5.91. The number of aliphatic hydroxyl groups excluding tert-OH is 1. The van der Waals surface area contributed by atoms with E-state index in [0.717, 1.165) is 11.1 Å². The Kier molecular flexibility index (Phi) is 4.85. The Labute approximate surface area is 143 Å². The molecule has 2 aromatic rings. The summed E-state index contributed by atoms with van der Waals surface area (Å²) in [5.41, 5.74) is 2.61. The third kappa shape index (κ3) is 3.71. The molecule has 0 bridgehead atoms. The Hall–Kier alpha value is -2.67. The third-order valence-corrected chi connectivity index (χ3v) is 4.24. The van der Waals surface area contributed by atoms with E-state index in [1.165, 1.54) is 12.1 Å². The summed E-state index contributed by atoms with van der Waals surface area (Å²) in [6.07, 6.45) is -0.240. The lowest BCUT2D eigenvalue weighted by atomic mass is 10.1. The molecule has 0 radical (unpaired) electrons. The van der Waals surface area contributed by atoms with Gasteiger partial charge >= 0.3 is 12.6 Å². The van der Waals surface area contributed by atoms with Crippen LogP contribution in [0.25, 0.3) is 0 Å². The van der Waals surface area contributed by atoms with Crippen molar-refractivity contribution >= 4 is 11.7 Å². The summed E-state index contributed by atoms with van der Waals surface area (Å²) in [6, 6.07) is 11.0. The summed E-state index contributed by atoms with van der Waals surface area (Å²) >= 11 is 0. The molecule has 2 amide bonds. The van der Waals surface area contributed by atoms with Gasteiger partial charge in [-0.3, -0.25) is 0 Å². The number of anilines is 1. The summed E-state index contributed by atoms with van der Waals surface area (Å²) in [7, 11) is 0. The van der Waals surface area contributed by atoms with E-state index in [2.05, 4.69) is 15.4 Å². The number of hydrogen-bond acceptors (Lipinski definition) is 3. The number of amides is 2. The fourth-order valence-corrected chi connectivity index (χ4v) is 3.02. The first-order valence-electron chi connectivity index (χ1n) is 7.83. The van der Waals surface area contributed by atoms with Crippen LogP contribution in [0, 0.1) is 6.92 Å². The number of aliphatic hydroxyl groups is 1. The maximum Gasteiger partial charge on any atom is 0.387 e. The predicted octanol–water partition coefficient (Wildman–Crippen LogP) is 3.38.